The van der Waals surface area contributed by atoms with Crippen LogP contribution in [0.4, 0.5) is 10.5 Å². The molecular formula is C20H20N2O5. The lowest BCUT2D eigenvalue weighted by Gasteiger charge is -2.23. The summed E-state index contributed by atoms with van der Waals surface area (Å²) >= 11 is 0. The fourth-order valence-corrected chi connectivity index (χ4v) is 3.60. The zero-order chi connectivity index (χ0) is 19.0. The Bertz CT molecular complexity index is 1030. The number of rotatable bonds is 3. The lowest BCUT2D eigenvalue weighted by Crippen LogP contribution is -2.43. The molecule has 3 aromatic rings. The van der Waals surface area contributed by atoms with Gasteiger partial charge in [0.25, 0.3) is 0 Å². The standard InChI is InChI=1S/C20H20N2O5/c1-25-18-10-13-12-6-3-4-8-16(12)27-17(13)11-14(18)21-20(24)22-9-5-7-15(22)19(23)26-2/h3-4,6,8,10-11,15H,5,7,9H2,1-2H3,(H,21,24)/t15-/m0/s1. The van der Waals surface area contributed by atoms with E-state index < -0.39 is 12.0 Å². The maximum atomic E-state index is 12.7. The molecule has 27 heavy (non-hydrogen) atoms. The number of ether oxygens (including phenoxy) is 2. The number of urea groups is 1. The van der Waals surface area contributed by atoms with Crippen molar-refractivity contribution in [3.8, 4) is 5.75 Å². The zero-order valence-electron chi connectivity index (χ0n) is 15.2. The van der Waals surface area contributed by atoms with Crippen LogP contribution in [-0.2, 0) is 9.53 Å². The minimum absolute atomic E-state index is 0.364. The minimum atomic E-state index is -0.559. The molecule has 1 aliphatic rings. The van der Waals surface area contributed by atoms with Gasteiger partial charge in [0.15, 0.2) is 0 Å². The first-order chi connectivity index (χ1) is 13.1. The summed E-state index contributed by atoms with van der Waals surface area (Å²) in [4.78, 5) is 26.1. The van der Waals surface area contributed by atoms with Crippen LogP contribution in [0, 0.1) is 0 Å². The first kappa shape index (κ1) is 17.2. The summed E-state index contributed by atoms with van der Waals surface area (Å²) in [5.74, 6) is 0.124. The monoisotopic (exact) mass is 368 g/mol. The van der Waals surface area contributed by atoms with Crippen molar-refractivity contribution >= 4 is 39.6 Å². The van der Waals surface area contributed by atoms with Gasteiger partial charge in [-0.2, -0.15) is 0 Å². The average molecular weight is 368 g/mol. The molecule has 1 fully saturated rings. The number of benzene rings is 2. The normalized spacial score (nSPS) is 16.7. The van der Waals surface area contributed by atoms with Crippen molar-refractivity contribution in [2.24, 2.45) is 0 Å². The Labute approximate surface area is 155 Å². The number of methoxy groups -OCH3 is 2. The van der Waals surface area contributed by atoms with Crippen LogP contribution >= 0.6 is 0 Å². The van der Waals surface area contributed by atoms with Crippen LogP contribution in [0.15, 0.2) is 40.8 Å². The summed E-state index contributed by atoms with van der Waals surface area (Å²) in [7, 11) is 2.88. The Morgan fingerprint density at radius 2 is 1.96 bits per heavy atom. The summed E-state index contributed by atoms with van der Waals surface area (Å²) in [6.07, 6.45) is 1.35. The third-order valence-electron chi connectivity index (χ3n) is 4.93. The van der Waals surface area contributed by atoms with E-state index >= 15 is 0 Å². The molecule has 7 heteroatoms. The molecule has 1 atom stereocenters. The third kappa shape index (κ3) is 2.95. The van der Waals surface area contributed by atoms with Gasteiger partial charge in [0.2, 0.25) is 0 Å². The van der Waals surface area contributed by atoms with Crippen LogP contribution in [0.1, 0.15) is 12.8 Å². The molecule has 4 rings (SSSR count). The topological polar surface area (TPSA) is 81.0 Å². The number of hydrogen-bond donors (Lipinski definition) is 1. The highest BCUT2D eigenvalue weighted by Gasteiger charge is 2.35. The third-order valence-corrected chi connectivity index (χ3v) is 4.93. The number of para-hydroxylation sites is 1. The Morgan fingerprint density at radius 3 is 2.74 bits per heavy atom. The molecule has 2 heterocycles. The molecule has 0 aliphatic carbocycles. The van der Waals surface area contributed by atoms with Gasteiger partial charge in [0.1, 0.15) is 23.0 Å². The van der Waals surface area contributed by atoms with Crippen LogP contribution in [0.25, 0.3) is 21.9 Å². The Morgan fingerprint density at radius 1 is 1.15 bits per heavy atom. The molecule has 1 N–H and O–H groups in total. The smallest absolute Gasteiger partial charge is 0.328 e. The predicted molar refractivity (Wildman–Crippen MR) is 101 cm³/mol. The SMILES string of the molecule is COC(=O)[C@@H]1CCCN1C(=O)Nc1cc2oc3ccccc3c2cc1OC. The molecule has 7 nitrogen and oxygen atoms in total. The van der Waals surface area contributed by atoms with Crippen LogP contribution < -0.4 is 10.1 Å². The molecule has 1 aliphatic heterocycles. The highest BCUT2D eigenvalue weighted by Crippen LogP contribution is 2.36. The van der Waals surface area contributed by atoms with Crippen LogP contribution in [0.5, 0.6) is 5.75 Å². The molecule has 1 aromatic heterocycles. The summed E-state index contributed by atoms with van der Waals surface area (Å²) in [6, 6.07) is 10.4. The lowest BCUT2D eigenvalue weighted by atomic mass is 10.1. The average Bonchev–Trinajstić information content (AvgIpc) is 3.31. The van der Waals surface area contributed by atoms with Crippen molar-refractivity contribution in [1.29, 1.82) is 0 Å². The van der Waals surface area contributed by atoms with Crippen LogP contribution in [0.2, 0.25) is 0 Å². The number of nitrogens with zero attached hydrogens (tertiary/aromatic N) is 1. The molecule has 140 valence electrons. The number of nitrogens with one attached hydrogen (secondary N) is 1. The van der Waals surface area contributed by atoms with Gasteiger partial charge in [-0.15, -0.1) is 0 Å². The molecule has 2 amide bonds. The van der Waals surface area contributed by atoms with E-state index in [1.165, 1.54) is 12.0 Å². The molecule has 2 aromatic carbocycles. The molecule has 0 bridgehead atoms. The Kier molecular flexibility index (Phi) is 4.35. The number of hydrogen-bond acceptors (Lipinski definition) is 5. The van der Waals surface area contributed by atoms with E-state index in [0.717, 1.165) is 22.8 Å². The zero-order valence-corrected chi connectivity index (χ0v) is 15.2. The van der Waals surface area contributed by atoms with Gasteiger partial charge < -0.3 is 24.1 Å². The van der Waals surface area contributed by atoms with Gasteiger partial charge in [-0.3, -0.25) is 0 Å². The van der Waals surface area contributed by atoms with Crippen molar-refractivity contribution < 1.29 is 23.5 Å². The number of carbonyl (C=O) groups excluding carboxylic acids is 2. The van der Waals surface area contributed by atoms with Gasteiger partial charge in [0, 0.05) is 23.4 Å². The van der Waals surface area contributed by atoms with Gasteiger partial charge >= 0.3 is 12.0 Å². The number of esters is 1. The van der Waals surface area contributed by atoms with Crippen LogP contribution in [0.3, 0.4) is 0 Å². The second-order valence-corrected chi connectivity index (χ2v) is 6.45. The predicted octanol–water partition coefficient (Wildman–Crippen LogP) is 3.76. The maximum absolute atomic E-state index is 12.7. The molecule has 1 saturated heterocycles. The Balaban J connectivity index is 1.67. The number of fused-ring (bicyclic) bond motifs is 3. The van der Waals surface area contributed by atoms with Gasteiger partial charge in [0.05, 0.1) is 19.9 Å². The van der Waals surface area contributed by atoms with Crippen LogP contribution in [-0.4, -0.2) is 43.7 Å². The Hall–Kier alpha value is -3.22. The number of amides is 2. The molecule has 0 unspecified atom stereocenters. The van der Waals surface area contributed by atoms with E-state index in [-0.39, 0.29) is 6.03 Å². The fourth-order valence-electron chi connectivity index (χ4n) is 3.60. The largest absolute Gasteiger partial charge is 0.495 e. The molecule has 0 spiro atoms. The first-order valence-corrected chi connectivity index (χ1v) is 8.77. The van der Waals surface area contributed by atoms with Gasteiger partial charge in [-0.05, 0) is 25.0 Å². The minimum Gasteiger partial charge on any atom is -0.495 e. The van der Waals surface area contributed by atoms with Crippen molar-refractivity contribution in [3.63, 3.8) is 0 Å². The lowest BCUT2D eigenvalue weighted by molar-refractivity contribution is -0.144. The van der Waals surface area contributed by atoms with Gasteiger partial charge in [-0.1, -0.05) is 18.2 Å². The van der Waals surface area contributed by atoms with E-state index in [4.69, 9.17) is 13.9 Å². The number of likely N-dealkylation sites (tertiary alicyclic amines) is 1. The van der Waals surface area contributed by atoms with Crippen molar-refractivity contribution in [2.45, 2.75) is 18.9 Å². The summed E-state index contributed by atoms with van der Waals surface area (Å²) in [5, 5.41) is 4.73. The summed E-state index contributed by atoms with van der Waals surface area (Å²) < 4.78 is 16.1. The van der Waals surface area contributed by atoms with Crippen molar-refractivity contribution in [3.05, 3.63) is 36.4 Å². The number of anilines is 1. The van der Waals surface area contributed by atoms with E-state index in [1.807, 2.05) is 30.3 Å². The quantitative estimate of drug-likeness (QED) is 0.712. The number of carbonyl (C=O) groups is 2. The highest BCUT2D eigenvalue weighted by molar-refractivity contribution is 6.07. The molecule has 0 saturated carbocycles. The first-order valence-electron chi connectivity index (χ1n) is 8.77. The summed E-state index contributed by atoms with van der Waals surface area (Å²) in [6.45, 7) is 0.501. The number of furan rings is 1. The van der Waals surface area contributed by atoms with Gasteiger partial charge in [-0.25, -0.2) is 9.59 Å². The van der Waals surface area contributed by atoms with Crippen molar-refractivity contribution in [2.75, 3.05) is 26.1 Å². The van der Waals surface area contributed by atoms with E-state index in [1.54, 1.807) is 13.2 Å². The maximum Gasteiger partial charge on any atom is 0.328 e. The summed E-state index contributed by atoms with van der Waals surface area (Å²) in [5.41, 5.74) is 1.91. The van der Waals surface area contributed by atoms with Crippen molar-refractivity contribution in [1.82, 2.24) is 4.90 Å². The highest BCUT2D eigenvalue weighted by atomic mass is 16.5. The van der Waals surface area contributed by atoms with E-state index in [2.05, 4.69) is 5.32 Å². The van der Waals surface area contributed by atoms with E-state index in [0.29, 0.717) is 30.0 Å². The second kappa shape index (κ2) is 6.83. The molecular weight excluding hydrogens is 348 g/mol. The van der Waals surface area contributed by atoms with E-state index in [9.17, 15) is 9.59 Å². The second-order valence-electron chi connectivity index (χ2n) is 6.45. The fraction of sp³-hybridized carbons (Fsp3) is 0.300. The molecule has 0 radical (unpaired) electrons.